The van der Waals surface area contributed by atoms with Crippen LogP contribution in [0.3, 0.4) is 0 Å². The zero-order valence-electron chi connectivity index (χ0n) is 13.2. The number of carbonyl (C=O) groups is 2. The third-order valence-electron chi connectivity index (χ3n) is 4.98. The van der Waals surface area contributed by atoms with E-state index < -0.39 is 0 Å². The Hall–Kier alpha value is -2.53. The molecule has 2 aromatic carbocycles. The number of nitrogens with one attached hydrogen (secondary N) is 1. The molecule has 2 amide bonds. The lowest BCUT2D eigenvalue weighted by molar-refractivity contribution is -0.930. The number of hydrogen-bond donors (Lipinski definition) is 1. The molecule has 1 unspecified atom stereocenters. The maximum absolute atomic E-state index is 13.1. The second kappa shape index (κ2) is 5.83. The van der Waals surface area contributed by atoms with Gasteiger partial charge >= 0.3 is 0 Å². The fraction of sp³-hybridized carbons (Fsp3) is 0.263. The molecule has 0 aromatic heterocycles. The number of rotatable bonds is 2. The van der Waals surface area contributed by atoms with Gasteiger partial charge in [0.2, 0.25) is 5.91 Å². The molecule has 0 spiro atoms. The minimum Gasteiger partial charge on any atom is -0.320 e. The van der Waals surface area contributed by atoms with E-state index in [2.05, 4.69) is 12.1 Å². The highest BCUT2D eigenvalue weighted by molar-refractivity contribution is 6.21. The van der Waals surface area contributed by atoms with Crippen LogP contribution < -0.4 is 9.80 Å². The van der Waals surface area contributed by atoms with Gasteiger partial charge in [0.15, 0.2) is 6.04 Å². The van der Waals surface area contributed by atoms with Crippen LogP contribution in [0.5, 0.6) is 0 Å². The summed E-state index contributed by atoms with van der Waals surface area (Å²) < 4.78 is 13.1. The molecule has 5 heteroatoms. The van der Waals surface area contributed by atoms with Crippen LogP contribution in [-0.2, 0) is 22.6 Å². The van der Waals surface area contributed by atoms with Crippen molar-refractivity contribution in [2.75, 3.05) is 11.4 Å². The summed E-state index contributed by atoms with van der Waals surface area (Å²) in [5.41, 5.74) is 3.03. The van der Waals surface area contributed by atoms with E-state index in [0.29, 0.717) is 5.69 Å². The second-order valence-corrected chi connectivity index (χ2v) is 6.40. The molecule has 4 nitrogen and oxygen atoms in total. The number of hydrogen-bond acceptors (Lipinski definition) is 2. The SMILES string of the molecule is O=C1C[C@@H]([NH+]2CCc3ccccc3C2)C(=O)N1c1ccc(F)cc1. The number of anilines is 1. The Morgan fingerprint density at radius 3 is 2.46 bits per heavy atom. The maximum Gasteiger partial charge on any atom is 0.292 e. The van der Waals surface area contributed by atoms with Crippen LogP contribution in [0.1, 0.15) is 17.5 Å². The second-order valence-electron chi connectivity index (χ2n) is 6.40. The van der Waals surface area contributed by atoms with Gasteiger partial charge in [-0.25, -0.2) is 9.29 Å². The molecule has 0 saturated carbocycles. The number of nitrogens with zero attached hydrogens (tertiary/aromatic N) is 1. The molecule has 2 heterocycles. The molecule has 0 bridgehead atoms. The third-order valence-corrected chi connectivity index (χ3v) is 4.98. The van der Waals surface area contributed by atoms with E-state index in [1.807, 2.05) is 12.1 Å². The lowest BCUT2D eigenvalue weighted by atomic mass is 9.98. The largest absolute Gasteiger partial charge is 0.320 e. The van der Waals surface area contributed by atoms with E-state index >= 15 is 0 Å². The molecule has 2 atom stereocenters. The van der Waals surface area contributed by atoms with Gasteiger partial charge in [-0.2, -0.15) is 0 Å². The van der Waals surface area contributed by atoms with E-state index in [1.165, 1.54) is 40.3 Å². The van der Waals surface area contributed by atoms with Crippen molar-refractivity contribution in [3.05, 3.63) is 65.5 Å². The molecule has 1 saturated heterocycles. The molecule has 1 N–H and O–H groups in total. The number of amides is 2. The zero-order chi connectivity index (χ0) is 16.7. The minimum atomic E-state index is -0.382. The smallest absolute Gasteiger partial charge is 0.292 e. The monoisotopic (exact) mass is 325 g/mol. The highest BCUT2D eigenvalue weighted by Crippen LogP contribution is 2.23. The summed E-state index contributed by atoms with van der Waals surface area (Å²) in [6.45, 7) is 1.61. The lowest BCUT2D eigenvalue weighted by Gasteiger charge is -2.29. The molecule has 0 aliphatic carbocycles. The van der Waals surface area contributed by atoms with Crippen LogP contribution in [0.15, 0.2) is 48.5 Å². The highest BCUT2D eigenvalue weighted by atomic mass is 19.1. The van der Waals surface area contributed by atoms with Gasteiger partial charge in [-0.3, -0.25) is 9.59 Å². The predicted molar refractivity (Wildman–Crippen MR) is 87.0 cm³/mol. The summed E-state index contributed by atoms with van der Waals surface area (Å²) in [4.78, 5) is 27.5. The zero-order valence-corrected chi connectivity index (χ0v) is 13.2. The molecule has 2 aliphatic rings. The van der Waals surface area contributed by atoms with Gasteiger partial charge in [0.05, 0.1) is 18.7 Å². The van der Waals surface area contributed by atoms with E-state index in [0.717, 1.165) is 24.4 Å². The van der Waals surface area contributed by atoms with Crippen LogP contribution >= 0.6 is 0 Å². The molecule has 1 fully saturated rings. The average molecular weight is 325 g/mol. The first kappa shape index (κ1) is 15.0. The van der Waals surface area contributed by atoms with Crippen LogP contribution in [0.4, 0.5) is 10.1 Å². The normalized spacial score (nSPS) is 23.5. The van der Waals surface area contributed by atoms with Crippen molar-refractivity contribution in [2.45, 2.75) is 25.4 Å². The Bertz CT molecular complexity index is 803. The van der Waals surface area contributed by atoms with Crippen molar-refractivity contribution in [3.8, 4) is 0 Å². The van der Waals surface area contributed by atoms with Gasteiger partial charge in [-0.1, -0.05) is 24.3 Å². The van der Waals surface area contributed by atoms with Crippen molar-refractivity contribution in [1.82, 2.24) is 0 Å². The molecular formula is C19H18FN2O2+. The number of benzene rings is 2. The summed E-state index contributed by atoms with van der Waals surface area (Å²) in [7, 11) is 0. The molecule has 24 heavy (non-hydrogen) atoms. The Morgan fingerprint density at radius 1 is 1.00 bits per heavy atom. The van der Waals surface area contributed by atoms with Crippen molar-refractivity contribution < 1.29 is 18.9 Å². The first-order chi connectivity index (χ1) is 11.6. The predicted octanol–water partition coefficient (Wildman–Crippen LogP) is 1.10. The lowest BCUT2D eigenvalue weighted by Crippen LogP contribution is -3.16. The fourth-order valence-electron chi connectivity index (χ4n) is 3.71. The van der Waals surface area contributed by atoms with Crippen LogP contribution in [0, 0.1) is 5.82 Å². The summed E-state index contributed by atoms with van der Waals surface area (Å²) in [6, 6.07) is 13.4. The quantitative estimate of drug-likeness (QED) is 0.840. The molecule has 2 aliphatic heterocycles. The summed E-state index contributed by atoms with van der Waals surface area (Å²) >= 11 is 0. The molecule has 0 radical (unpaired) electrons. The number of carbonyl (C=O) groups excluding carboxylic acids is 2. The summed E-state index contributed by atoms with van der Waals surface area (Å²) in [5, 5.41) is 0. The first-order valence-electron chi connectivity index (χ1n) is 8.17. The Balaban J connectivity index is 1.57. The number of halogens is 1. The third kappa shape index (κ3) is 2.51. The van der Waals surface area contributed by atoms with E-state index in [9.17, 15) is 14.0 Å². The minimum absolute atomic E-state index is 0.180. The van der Waals surface area contributed by atoms with Gasteiger partial charge in [0.25, 0.3) is 5.91 Å². The highest BCUT2D eigenvalue weighted by Gasteiger charge is 2.46. The van der Waals surface area contributed by atoms with Gasteiger partial charge in [-0.15, -0.1) is 0 Å². The van der Waals surface area contributed by atoms with Gasteiger partial charge in [0.1, 0.15) is 12.4 Å². The van der Waals surface area contributed by atoms with Crippen LogP contribution in [0.25, 0.3) is 0 Å². The number of quaternary nitrogens is 1. The van der Waals surface area contributed by atoms with E-state index in [-0.39, 0.29) is 30.1 Å². The average Bonchev–Trinajstić information content (AvgIpc) is 2.90. The maximum atomic E-state index is 13.1. The van der Waals surface area contributed by atoms with Crippen LogP contribution in [0.2, 0.25) is 0 Å². The van der Waals surface area contributed by atoms with Crippen molar-refractivity contribution in [3.63, 3.8) is 0 Å². The Kier molecular flexibility index (Phi) is 3.65. The van der Waals surface area contributed by atoms with Gasteiger partial charge in [-0.05, 0) is 29.8 Å². The molecule has 2 aromatic rings. The molecule has 4 rings (SSSR count). The summed E-state index contributed by atoms with van der Waals surface area (Å²) in [6.07, 6.45) is 1.13. The van der Waals surface area contributed by atoms with Crippen molar-refractivity contribution in [2.24, 2.45) is 0 Å². The van der Waals surface area contributed by atoms with E-state index in [1.54, 1.807) is 0 Å². The van der Waals surface area contributed by atoms with Gasteiger partial charge in [0, 0.05) is 12.0 Å². The number of imide groups is 1. The van der Waals surface area contributed by atoms with Gasteiger partial charge < -0.3 is 4.90 Å². The van der Waals surface area contributed by atoms with Crippen LogP contribution in [-0.4, -0.2) is 24.4 Å². The number of fused-ring (bicyclic) bond motifs is 1. The first-order valence-corrected chi connectivity index (χ1v) is 8.17. The summed E-state index contributed by atoms with van der Waals surface area (Å²) in [5.74, 6) is -0.767. The van der Waals surface area contributed by atoms with E-state index in [4.69, 9.17) is 0 Å². The fourth-order valence-corrected chi connectivity index (χ4v) is 3.71. The van der Waals surface area contributed by atoms with Crippen molar-refractivity contribution in [1.29, 1.82) is 0 Å². The standard InChI is InChI=1S/C19H17FN2O2/c20-15-5-7-16(8-6-15)22-18(23)11-17(19(22)24)21-10-9-13-3-1-2-4-14(13)12-21/h1-8,17H,9-12H2/p+1/t17-/m1/s1. The topological polar surface area (TPSA) is 41.8 Å². The molecular weight excluding hydrogens is 307 g/mol. The Morgan fingerprint density at radius 2 is 1.71 bits per heavy atom. The van der Waals surface area contributed by atoms with Crippen molar-refractivity contribution >= 4 is 17.5 Å². The molecule has 122 valence electrons. The Labute approximate surface area is 139 Å².